The third-order valence-electron chi connectivity index (χ3n) is 3.38. The fourth-order valence-electron chi connectivity index (χ4n) is 2.26. The molecule has 0 fully saturated rings. The smallest absolute Gasteiger partial charge is 0.0659 e. The highest BCUT2D eigenvalue weighted by Gasteiger charge is 2.10. The number of benzene rings is 1. The fourth-order valence-corrected chi connectivity index (χ4v) is 2.26. The maximum atomic E-state index is 4.68. The molecule has 2 rings (SSSR count). The summed E-state index contributed by atoms with van der Waals surface area (Å²) < 4.78 is 0. The zero-order valence-corrected chi connectivity index (χ0v) is 12.1. The Labute approximate surface area is 121 Å². The highest BCUT2D eigenvalue weighted by Crippen LogP contribution is 2.21. The molecule has 1 heteroatoms. The normalized spacial score (nSPS) is 14.2. The minimum atomic E-state index is 0.923. The first-order valence-electron chi connectivity index (χ1n) is 7.05. The topological polar surface area (TPSA) is 12.4 Å². The molecule has 0 atom stereocenters. The molecule has 20 heavy (non-hydrogen) atoms. The average Bonchev–Trinajstić information content (AvgIpc) is 2.93. The maximum absolute atomic E-state index is 4.68. The third-order valence-corrected chi connectivity index (χ3v) is 3.38. The van der Waals surface area contributed by atoms with Gasteiger partial charge in [-0.15, -0.1) is 0 Å². The molecule has 1 heterocycles. The number of rotatable bonds is 6. The molecule has 1 aliphatic heterocycles. The molecule has 0 amide bonds. The Morgan fingerprint density at radius 1 is 1.35 bits per heavy atom. The van der Waals surface area contributed by atoms with Crippen molar-refractivity contribution in [3.63, 3.8) is 0 Å². The SMILES string of the molecule is C=C/C=C\C(=C)C1=CCC(Cc2cccc(CC)c2)=N1. The summed E-state index contributed by atoms with van der Waals surface area (Å²) in [5.41, 5.74) is 5.87. The first-order valence-corrected chi connectivity index (χ1v) is 7.05. The Kier molecular flexibility index (Phi) is 4.89. The van der Waals surface area contributed by atoms with Crippen molar-refractivity contribution in [1.29, 1.82) is 0 Å². The second kappa shape index (κ2) is 6.85. The lowest BCUT2D eigenvalue weighted by molar-refractivity contribution is 1.12. The van der Waals surface area contributed by atoms with E-state index in [-0.39, 0.29) is 0 Å². The molecule has 0 aliphatic carbocycles. The van der Waals surface area contributed by atoms with Gasteiger partial charge in [0.15, 0.2) is 0 Å². The molecule has 0 saturated carbocycles. The van der Waals surface area contributed by atoms with Crippen LogP contribution in [-0.2, 0) is 12.8 Å². The minimum Gasteiger partial charge on any atom is -0.257 e. The number of aryl methyl sites for hydroxylation is 1. The molecule has 1 aliphatic rings. The van der Waals surface area contributed by atoms with E-state index in [4.69, 9.17) is 0 Å². The van der Waals surface area contributed by atoms with Gasteiger partial charge in [-0.25, -0.2) is 0 Å². The van der Waals surface area contributed by atoms with Gasteiger partial charge in [0, 0.05) is 18.6 Å². The van der Waals surface area contributed by atoms with Gasteiger partial charge in [0.25, 0.3) is 0 Å². The number of allylic oxidation sites excluding steroid dienone is 4. The van der Waals surface area contributed by atoms with Crippen LogP contribution in [-0.4, -0.2) is 5.71 Å². The summed E-state index contributed by atoms with van der Waals surface area (Å²) in [5, 5.41) is 0. The zero-order valence-electron chi connectivity index (χ0n) is 12.1. The van der Waals surface area contributed by atoms with Crippen molar-refractivity contribution in [3.05, 3.63) is 84.1 Å². The third kappa shape index (κ3) is 3.67. The molecule has 0 N–H and O–H groups in total. The lowest BCUT2D eigenvalue weighted by Crippen LogP contribution is -1.99. The molecule has 102 valence electrons. The zero-order chi connectivity index (χ0) is 14.4. The van der Waals surface area contributed by atoms with Crippen molar-refractivity contribution in [2.24, 2.45) is 4.99 Å². The lowest BCUT2D eigenvalue weighted by Gasteiger charge is -2.03. The summed E-state index contributed by atoms with van der Waals surface area (Å²) >= 11 is 0. The standard InChI is InChI=1S/C19H21N/c1-4-6-8-15(3)19-12-11-18(20-19)14-17-10-7-9-16(5-2)13-17/h4,6-10,12-13H,1,3,5,11,14H2,2H3/b8-6-. The predicted molar refractivity (Wildman–Crippen MR) is 88.1 cm³/mol. The number of nitrogens with zero attached hydrogens (tertiary/aromatic N) is 1. The Balaban J connectivity index is 2.04. The second-order valence-electron chi connectivity index (χ2n) is 4.94. The van der Waals surface area contributed by atoms with E-state index in [9.17, 15) is 0 Å². The molecule has 1 aromatic rings. The van der Waals surface area contributed by atoms with Crippen LogP contribution >= 0.6 is 0 Å². The quantitative estimate of drug-likeness (QED) is 0.653. The van der Waals surface area contributed by atoms with Crippen molar-refractivity contribution in [2.45, 2.75) is 26.2 Å². The summed E-state index contributed by atoms with van der Waals surface area (Å²) in [6.07, 6.45) is 10.7. The Hall–Kier alpha value is -2.15. The monoisotopic (exact) mass is 263 g/mol. The Bertz CT molecular complexity index is 600. The fraction of sp³-hybridized carbons (Fsp3) is 0.211. The van der Waals surface area contributed by atoms with Crippen molar-refractivity contribution in [2.75, 3.05) is 0 Å². The largest absolute Gasteiger partial charge is 0.257 e. The van der Waals surface area contributed by atoms with Gasteiger partial charge in [-0.3, -0.25) is 4.99 Å². The van der Waals surface area contributed by atoms with Gasteiger partial charge < -0.3 is 0 Å². The van der Waals surface area contributed by atoms with E-state index in [1.807, 2.05) is 12.2 Å². The van der Waals surface area contributed by atoms with E-state index in [0.717, 1.165) is 30.5 Å². The number of aliphatic imine (C=N–C) groups is 1. The molecule has 0 bridgehead atoms. The van der Waals surface area contributed by atoms with Gasteiger partial charge in [-0.1, -0.05) is 68.7 Å². The second-order valence-corrected chi connectivity index (χ2v) is 4.94. The van der Waals surface area contributed by atoms with E-state index in [2.05, 4.69) is 55.4 Å². The predicted octanol–water partition coefficient (Wildman–Crippen LogP) is 4.82. The molecule has 0 radical (unpaired) electrons. The minimum absolute atomic E-state index is 0.923. The molecule has 0 saturated heterocycles. The van der Waals surface area contributed by atoms with Crippen LogP contribution in [0.3, 0.4) is 0 Å². The van der Waals surface area contributed by atoms with Gasteiger partial charge in [0.1, 0.15) is 0 Å². The first kappa shape index (κ1) is 14.3. The van der Waals surface area contributed by atoms with Gasteiger partial charge in [0.05, 0.1) is 5.70 Å². The van der Waals surface area contributed by atoms with Crippen LogP contribution in [0.15, 0.2) is 78.0 Å². The highest BCUT2D eigenvalue weighted by molar-refractivity contribution is 5.91. The molecular weight excluding hydrogens is 242 g/mol. The van der Waals surface area contributed by atoms with E-state index < -0.39 is 0 Å². The average molecular weight is 263 g/mol. The summed E-state index contributed by atoms with van der Waals surface area (Å²) in [4.78, 5) is 4.68. The van der Waals surface area contributed by atoms with E-state index in [0.29, 0.717) is 0 Å². The van der Waals surface area contributed by atoms with Crippen LogP contribution in [0, 0.1) is 0 Å². The molecule has 1 aromatic carbocycles. The summed E-state index contributed by atoms with van der Waals surface area (Å²) in [5.74, 6) is 0. The number of hydrogen-bond donors (Lipinski definition) is 0. The Morgan fingerprint density at radius 3 is 2.90 bits per heavy atom. The van der Waals surface area contributed by atoms with Crippen molar-refractivity contribution in [3.8, 4) is 0 Å². The van der Waals surface area contributed by atoms with Crippen LogP contribution < -0.4 is 0 Å². The first-order chi connectivity index (χ1) is 9.72. The van der Waals surface area contributed by atoms with Crippen LogP contribution in [0.1, 0.15) is 24.5 Å². The molecule has 0 spiro atoms. The lowest BCUT2D eigenvalue weighted by atomic mass is 10.0. The van der Waals surface area contributed by atoms with Gasteiger partial charge in [-0.2, -0.15) is 0 Å². The number of hydrogen-bond acceptors (Lipinski definition) is 1. The van der Waals surface area contributed by atoms with Gasteiger partial charge in [-0.05, 0) is 23.1 Å². The summed E-state index contributed by atoms with van der Waals surface area (Å²) in [7, 11) is 0. The van der Waals surface area contributed by atoms with Crippen LogP contribution in [0.4, 0.5) is 0 Å². The molecule has 0 unspecified atom stereocenters. The van der Waals surface area contributed by atoms with E-state index in [1.54, 1.807) is 6.08 Å². The van der Waals surface area contributed by atoms with E-state index in [1.165, 1.54) is 16.8 Å². The van der Waals surface area contributed by atoms with E-state index >= 15 is 0 Å². The highest BCUT2D eigenvalue weighted by atomic mass is 14.8. The van der Waals surface area contributed by atoms with Crippen LogP contribution in [0.5, 0.6) is 0 Å². The van der Waals surface area contributed by atoms with Gasteiger partial charge in [0.2, 0.25) is 0 Å². The summed E-state index contributed by atoms with van der Waals surface area (Å²) in [6.45, 7) is 9.88. The van der Waals surface area contributed by atoms with Crippen molar-refractivity contribution in [1.82, 2.24) is 0 Å². The van der Waals surface area contributed by atoms with Crippen molar-refractivity contribution >= 4 is 5.71 Å². The van der Waals surface area contributed by atoms with Crippen molar-refractivity contribution < 1.29 is 0 Å². The maximum Gasteiger partial charge on any atom is 0.0659 e. The summed E-state index contributed by atoms with van der Waals surface area (Å²) in [6, 6.07) is 8.74. The van der Waals surface area contributed by atoms with Crippen LogP contribution in [0.25, 0.3) is 0 Å². The van der Waals surface area contributed by atoms with Crippen LogP contribution in [0.2, 0.25) is 0 Å². The Morgan fingerprint density at radius 2 is 2.15 bits per heavy atom. The molecular formula is C19H21N. The molecule has 0 aromatic heterocycles. The van der Waals surface area contributed by atoms with Gasteiger partial charge >= 0.3 is 0 Å². The molecule has 1 nitrogen and oxygen atoms in total.